The molecule has 4 heavy (non-hydrogen) atoms. The minimum Gasteiger partial charge on any atom is -1.00 e. The smallest absolute Gasteiger partial charge is 1.00 e. The normalized spacial score (nSPS) is 6.50. The van der Waals surface area contributed by atoms with Crippen LogP contribution in [0, 0.1) is 0 Å². The predicted octanol–water partition coefficient (Wildman–Crippen LogP) is 1.31. The minimum absolute atomic E-state index is 0. The Morgan fingerprint density at radius 2 is 2.25 bits per heavy atom. The van der Waals surface area contributed by atoms with Crippen molar-refractivity contribution in [3.63, 3.8) is 0 Å². The summed E-state index contributed by atoms with van der Waals surface area (Å²) in [4.78, 5) is 9.43. The van der Waals surface area contributed by atoms with Crippen molar-refractivity contribution in [1.82, 2.24) is 0 Å². The average Bonchev–Trinajstić information content (AvgIpc) is 0.811. The van der Waals surface area contributed by atoms with E-state index in [1.54, 1.807) is 22.6 Å². The van der Waals surface area contributed by atoms with E-state index in [0.717, 1.165) is 0 Å². The first-order valence-corrected chi connectivity index (χ1v) is 2.84. The van der Waals surface area contributed by atoms with Crippen molar-refractivity contribution in [3.8, 4) is 0 Å². The molecule has 1 nitrogen and oxygen atoms in total. The van der Waals surface area contributed by atoms with Crippen molar-refractivity contribution in [2.24, 2.45) is 0 Å². The van der Waals surface area contributed by atoms with Gasteiger partial charge in [0.15, 0.2) is 0 Å². The summed E-state index contributed by atoms with van der Waals surface area (Å²) in [7, 11) is 0. The number of hydrogen-bond donors (Lipinski definition) is 0. The van der Waals surface area contributed by atoms with Gasteiger partial charge in [-0.25, -0.2) is 0 Å². The zero-order valence-corrected chi connectivity index (χ0v) is 6.17. The summed E-state index contributed by atoms with van der Waals surface area (Å²) in [6.45, 7) is 0. The maximum Gasteiger partial charge on any atom is -1.00 e. The zero-order chi connectivity index (χ0) is 3.58. The molecule has 0 aliphatic carbocycles. The molecular formula is CH2IIrO. The molecule has 0 aromatic carbocycles. The summed E-state index contributed by atoms with van der Waals surface area (Å²) in [5.41, 5.74) is 0. The van der Waals surface area contributed by atoms with Crippen LogP contribution >= 0.6 is 22.6 Å². The van der Waals surface area contributed by atoms with Gasteiger partial charge >= 0.3 is 48.6 Å². The largest absolute Gasteiger partial charge is 1.00 e. The monoisotopic (exact) mass is 350 g/mol. The Labute approximate surface area is 51.4 Å². The van der Waals surface area contributed by atoms with Gasteiger partial charge in [-0.3, -0.25) is 0 Å². The van der Waals surface area contributed by atoms with Gasteiger partial charge in [-0.15, -0.1) is 0 Å². The van der Waals surface area contributed by atoms with E-state index in [0.29, 0.717) is 0 Å². The predicted molar refractivity (Wildman–Crippen MR) is 21.6 cm³/mol. The van der Waals surface area contributed by atoms with Crippen LogP contribution < -0.4 is 0 Å². The molecule has 0 heterocycles. The molecule has 0 bridgehead atoms. The van der Waals surface area contributed by atoms with Crippen LogP contribution in [0.25, 0.3) is 0 Å². The molecule has 0 aliphatic rings. The van der Waals surface area contributed by atoms with E-state index in [4.69, 9.17) is 0 Å². The summed E-state index contributed by atoms with van der Waals surface area (Å²) in [6.07, 6.45) is 0. The van der Waals surface area contributed by atoms with Crippen molar-refractivity contribution >= 4 is 24.9 Å². The molecule has 3 heteroatoms. The molecule has 0 fully saturated rings. The molecule has 0 rings (SSSR count). The summed E-state index contributed by atoms with van der Waals surface area (Å²) >= 11 is 3.22. The molecule has 0 atom stereocenters. The van der Waals surface area contributed by atoms with E-state index in [-0.39, 0.29) is 5.16 Å². The van der Waals surface area contributed by atoms with Gasteiger partial charge in [0.25, 0.3) is 0 Å². The van der Waals surface area contributed by atoms with Crippen LogP contribution in [0.5, 0.6) is 0 Å². The Morgan fingerprint density at radius 1 is 2.25 bits per heavy atom. The van der Waals surface area contributed by atoms with Gasteiger partial charge in [0, 0.05) is 0 Å². The first-order valence-electron chi connectivity index (χ1n) is 0.560. The van der Waals surface area contributed by atoms with E-state index in [2.05, 4.69) is 0 Å². The fourth-order valence-electron chi connectivity index (χ4n) is 0. The SMILES string of the molecule is O=[C](I)[Ir+2].[H-].[H-]. The van der Waals surface area contributed by atoms with Crippen molar-refractivity contribution in [1.29, 1.82) is 0 Å². The van der Waals surface area contributed by atoms with E-state index in [9.17, 15) is 4.79 Å². The molecule has 0 aromatic rings. The van der Waals surface area contributed by atoms with Crippen LogP contribution in [-0.4, -0.2) is 2.30 Å². The number of carbonyl (C=O) groups excluding carboxylic acids is 1. The van der Waals surface area contributed by atoms with Gasteiger partial charge in [0.2, 0.25) is 0 Å². The third-order valence-electron chi connectivity index (χ3n) is 0. The number of halogens is 1. The molecule has 0 saturated carbocycles. The standard InChI is InChI=1S/CIO.Ir.2H/c2-1-3;;;/q;+2;2*-1. The van der Waals surface area contributed by atoms with Crippen molar-refractivity contribution < 1.29 is 26.5 Å². The zero-order valence-electron chi connectivity index (χ0n) is 3.62. The van der Waals surface area contributed by atoms with Crippen LogP contribution in [0.15, 0.2) is 0 Å². The molecule has 0 saturated heterocycles. The third kappa shape index (κ3) is 11.6. The summed E-state index contributed by atoms with van der Waals surface area (Å²) < 4.78 is 0.137. The van der Waals surface area contributed by atoms with Gasteiger partial charge < -0.3 is 2.85 Å². The van der Waals surface area contributed by atoms with Crippen molar-refractivity contribution in [2.75, 3.05) is 0 Å². The fraction of sp³-hybridized carbons (Fsp3) is 0. The Bertz CT molecular complexity index is 36.5. The second kappa shape index (κ2) is 2.30. The van der Waals surface area contributed by atoms with Crippen LogP contribution in [0.2, 0.25) is 0 Å². The van der Waals surface area contributed by atoms with Crippen LogP contribution in [-0.2, 0) is 18.9 Å². The van der Waals surface area contributed by atoms with Gasteiger partial charge in [-0.05, 0) is 0 Å². The van der Waals surface area contributed by atoms with E-state index >= 15 is 0 Å². The minimum atomic E-state index is 0. The Balaban J connectivity index is -0.0000000450. The molecular weight excluding hydrogens is 347 g/mol. The maximum atomic E-state index is 9.43. The number of hydrogen-bond acceptors (Lipinski definition) is 1. The summed E-state index contributed by atoms with van der Waals surface area (Å²) in [6, 6.07) is 0. The average molecular weight is 349 g/mol. The summed E-state index contributed by atoms with van der Waals surface area (Å²) in [5, 5.41) is 0. The van der Waals surface area contributed by atoms with Crippen molar-refractivity contribution in [3.05, 3.63) is 0 Å². The van der Waals surface area contributed by atoms with Gasteiger partial charge in [0.05, 0.1) is 0 Å². The van der Waals surface area contributed by atoms with E-state index < -0.39 is 0 Å². The second-order valence-corrected chi connectivity index (χ2v) is 4.53. The van der Waals surface area contributed by atoms with Gasteiger partial charge in [-0.2, -0.15) is 0 Å². The first-order chi connectivity index (χ1) is 1.73. The fourth-order valence-corrected chi connectivity index (χ4v) is 0. The van der Waals surface area contributed by atoms with Gasteiger partial charge in [0.1, 0.15) is 0 Å². The molecule has 0 N–H and O–H groups in total. The molecule has 0 unspecified atom stereocenters. The van der Waals surface area contributed by atoms with Crippen LogP contribution in [0.3, 0.4) is 0 Å². The topological polar surface area (TPSA) is 17.1 Å². The number of carbonyl (C=O) groups is 1. The molecule has 0 aliphatic heterocycles. The maximum absolute atomic E-state index is 9.43. The first kappa shape index (κ1) is 5.05. The van der Waals surface area contributed by atoms with E-state index in [1.807, 2.05) is 0 Å². The number of rotatable bonds is 0. The van der Waals surface area contributed by atoms with Crippen molar-refractivity contribution in [2.45, 2.75) is 0 Å². The Kier molecular flexibility index (Phi) is 2.90. The Morgan fingerprint density at radius 3 is 2.25 bits per heavy atom. The Hall–Kier alpha value is 1.05. The summed E-state index contributed by atoms with van der Waals surface area (Å²) in [5.74, 6) is 0. The third-order valence-corrected chi connectivity index (χ3v) is 0. The molecule has 0 radical (unpaired) electrons. The van der Waals surface area contributed by atoms with E-state index in [1.165, 1.54) is 18.9 Å². The molecule has 0 spiro atoms. The quantitative estimate of drug-likeness (QED) is 0.476. The van der Waals surface area contributed by atoms with Gasteiger partial charge in [-0.1, -0.05) is 0 Å². The molecule has 0 amide bonds. The molecule has 28 valence electrons. The van der Waals surface area contributed by atoms with Crippen LogP contribution in [0.4, 0.5) is 4.79 Å². The van der Waals surface area contributed by atoms with Crippen LogP contribution in [0.1, 0.15) is 2.85 Å². The molecule has 0 aromatic heterocycles. The second-order valence-electron chi connectivity index (χ2n) is 0.208.